The highest BCUT2D eigenvalue weighted by Crippen LogP contribution is 2.48. The van der Waals surface area contributed by atoms with Crippen molar-refractivity contribution in [3.63, 3.8) is 0 Å². The molecule has 0 fully saturated rings. The molecule has 0 unspecified atom stereocenters. The fraction of sp³-hybridized carbons (Fsp3) is 0.429. The molecule has 0 saturated carbocycles. The number of benzene rings is 1. The van der Waals surface area contributed by atoms with Gasteiger partial charge in [-0.15, -0.1) is 11.3 Å². The lowest BCUT2D eigenvalue weighted by molar-refractivity contribution is -0.116. The molecule has 1 amide bonds. The number of nitrogens with one attached hydrogen (secondary N) is 1. The topological polar surface area (TPSA) is 52.9 Å². The number of fused-ring (bicyclic) bond motifs is 1. The van der Waals surface area contributed by atoms with E-state index in [1.54, 1.807) is 11.3 Å². The van der Waals surface area contributed by atoms with E-state index in [1.807, 2.05) is 30.3 Å². The van der Waals surface area contributed by atoms with E-state index in [1.165, 1.54) is 4.88 Å². The zero-order valence-corrected chi connectivity index (χ0v) is 15.9. The van der Waals surface area contributed by atoms with Crippen LogP contribution in [0.4, 0.5) is 5.00 Å². The molecule has 1 atom stereocenters. The van der Waals surface area contributed by atoms with Gasteiger partial charge in [0.25, 0.3) is 0 Å². The number of rotatable bonds is 4. The maximum Gasteiger partial charge on any atom is 0.225 e. The third-order valence-electron chi connectivity index (χ3n) is 4.85. The molecular weight excluding hydrogens is 328 g/mol. The summed E-state index contributed by atoms with van der Waals surface area (Å²) < 4.78 is 0. The number of carbonyl (C=O) groups excluding carboxylic acids is 1. The molecule has 1 aliphatic carbocycles. The van der Waals surface area contributed by atoms with Crippen LogP contribution in [0.1, 0.15) is 61.1 Å². The average molecular weight is 353 g/mol. The summed E-state index contributed by atoms with van der Waals surface area (Å²) in [6.45, 7) is 6.73. The minimum absolute atomic E-state index is 0.0223. The molecule has 1 aromatic carbocycles. The Labute approximate surface area is 153 Å². The Bertz CT molecular complexity index is 814. The summed E-state index contributed by atoms with van der Waals surface area (Å²) in [6.07, 6.45) is 3.17. The molecule has 3 nitrogen and oxygen atoms in total. The molecule has 0 aliphatic heterocycles. The van der Waals surface area contributed by atoms with Gasteiger partial charge in [0.1, 0.15) is 11.1 Å². The lowest BCUT2D eigenvalue weighted by Gasteiger charge is -2.33. The smallest absolute Gasteiger partial charge is 0.225 e. The molecule has 0 saturated heterocycles. The first kappa shape index (κ1) is 17.7. The van der Waals surface area contributed by atoms with Gasteiger partial charge in [0.05, 0.1) is 5.56 Å². The van der Waals surface area contributed by atoms with Crippen LogP contribution in [0.3, 0.4) is 0 Å². The highest BCUT2D eigenvalue weighted by Gasteiger charge is 2.34. The summed E-state index contributed by atoms with van der Waals surface area (Å²) in [6, 6.07) is 12.3. The van der Waals surface area contributed by atoms with Crippen molar-refractivity contribution in [2.24, 2.45) is 5.41 Å². The van der Waals surface area contributed by atoms with Crippen LogP contribution in [-0.4, -0.2) is 5.91 Å². The standard InChI is InChI=1S/C21H24N2OS/c1-14-11-21(2,3)12-16-17(13-22)20(25-19(14)16)23-18(24)10-9-15-7-5-4-6-8-15/h4-8,14H,9-12H2,1-3H3,(H,23,24)/t14-/m0/s1. The van der Waals surface area contributed by atoms with Crippen LogP contribution in [0.5, 0.6) is 0 Å². The normalized spacial score (nSPS) is 18.2. The number of amides is 1. The maximum absolute atomic E-state index is 12.4. The second kappa shape index (κ2) is 7.01. The second-order valence-electron chi connectivity index (χ2n) is 7.74. The highest BCUT2D eigenvalue weighted by atomic mass is 32.1. The van der Waals surface area contributed by atoms with Crippen molar-refractivity contribution in [2.75, 3.05) is 5.32 Å². The van der Waals surface area contributed by atoms with Crippen molar-refractivity contribution in [1.29, 1.82) is 5.26 Å². The van der Waals surface area contributed by atoms with Gasteiger partial charge in [-0.3, -0.25) is 4.79 Å². The molecular formula is C21H24N2OS. The Morgan fingerprint density at radius 2 is 2.08 bits per heavy atom. The van der Waals surface area contributed by atoms with E-state index in [2.05, 4.69) is 32.2 Å². The van der Waals surface area contributed by atoms with Gasteiger partial charge in [-0.25, -0.2) is 0 Å². The number of hydrogen-bond acceptors (Lipinski definition) is 3. The zero-order valence-electron chi connectivity index (χ0n) is 15.1. The first-order valence-corrected chi connectivity index (χ1v) is 9.61. The van der Waals surface area contributed by atoms with E-state index >= 15 is 0 Å². The van der Waals surface area contributed by atoms with Crippen molar-refractivity contribution in [2.45, 2.75) is 52.4 Å². The fourth-order valence-corrected chi connectivity index (χ4v) is 5.06. The predicted molar refractivity (Wildman–Crippen MR) is 103 cm³/mol. The van der Waals surface area contributed by atoms with Crippen LogP contribution < -0.4 is 5.32 Å². The molecule has 1 aliphatic rings. The Balaban J connectivity index is 1.75. The van der Waals surface area contributed by atoms with E-state index in [-0.39, 0.29) is 11.3 Å². The Morgan fingerprint density at radius 3 is 2.76 bits per heavy atom. The fourth-order valence-electron chi connectivity index (χ4n) is 3.83. The molecule has 4 heteroatoms. The van der Waals surface area contributed by atoms with Gasteiger partial charge in [0.15, 0.2) is 0 Å². The molecule has 0 radical (unpaired) electrons. The third-order valence-corrected chi connectivity index (χ3v) is 6.23. The second-order valence-corrected chi connectivity index (χ2v) is 8.79. The lowest BCUT2D eigenvalue weighted by atomic mass is 9.72. The summed E-state index contributed by atoms with van der Waals surface area (Å²) in [4.78, 5) is 13.6. The average Bonchev–Trinajstić information content (AvgIpc) is 2.90. The number of hydrogen-bond donors (Lipinski definition) is 1. The molecule has 1 heterocycles. The monoisotopic (exact) mass is 352 g/mol. The predicted octanol–water partition coefficient (Wildman–Crippen LogP) is 5.27. The van der Waals surface area contributed by atoms with E-state index in [4.69, 9.17) is 0 Å². The Morgan fingerprint density at radius 1 is 1.36 bits per heavy atom. The van der Waals surface area contributed by atoms with Crippen molar-refractivity contribution in [3.05, 3.63) is 51.9 Å². The largest absolute Gasteiger partial charge is 0.317 e. The number of carbonyl (C=O) groups is 1. The summed E-state index contributed by atoms with van der Waals surface area (Å²) in [7, 11) is 0. The Hall–Kier alpha value is -2.12. The molecule has 3 rings (SSSR count). The van der Waals surface area contributed by atoms with E-state index in [0.717, 1.165) is 29.0 Å². The van der Waals surface area contributed by atoms with Gasteiger partial charge in [-0.2, -0.15) is 5.26 Å². The van der Waals surface area contributed by atoms with Gasteiger partial charge >= 0.3 is 0 Å². The number of anilines is 1. The van der Waals surface area contributed by atoms with Gasteiger partial charge in [-0.1, -0.05) is 51.1 Å². The van der Waals surface area contributed by atoms with Gasteiger partial charge in [0, 0.05) is 11.3 Å². The van der Waals surface area contributed by atoms with Crippen LogP contribution in [-0.2, 0) is 17.6 Å². The summed E-state index contributed by atoms with van der Waals surface area (Å²) in [5.41, 5.74) is 3.18. The highest BCUT2D eigenvalue weighted by molar-refractivity contribution is 7.16. The summed E-state index contributed by atoms with van der Waals surface area (Å²) in [5.74, 6) is 0.414. The Kier molecular flexibility index (Phi) is 4.96. The van der Waals surface area contributed by atoms with Crippen molar-refractivity contribution < 1.29 is 4.79 Å². The molecule has 2 aromatic rings. The minimum atomic E-state index is -0.0223. The van der Waals surface area contributed by atoms with Crippen LogP contribution >= 0.6 is 11.3 Å². The quantitative estimate of drug-likeness (QED) is 0.815. The van der Waals surface area contributed by atoms with Crippen molar-refractivity contribution >= 4 is 22.2 Å². The van der Waals surface area contributed by atoms with E-state index in [9.17, 15) is 10.1 Å². The molecule has 0 bridgehead atoms. The summed E-state index contributed by atoms with van der Waals surface area (Å²) >= 11 is 1.59. The molecule has 130 valence electrons. The van der Waals surface area contributed by atoms with E-state index in [0.29, 0.717) is 24.3 Å². The number of nitrogens with zero attached hydrogens (tertiary/aromatic N) is 1. The minimum Gasteiger partial charge on any atom is -0.317 e. The van der Waals surface area contributed by atoms with Gasteiger partial charge in [0.2, 0.25) is 5.91 Å². The number of nitriles is 1. The first-order chi connectivity index (χ1) is 11.9. The first-order valence-electron chi connectivity index (χ1n) is 8.79. The van der Waals surface area contributed by atoms with Crippen LogP contribution in [0.2, 0.25) is 0 Å². The lowest BCUT2D eigenvalue weighted by Crippen LogP contribution is -2.23. The third kappa shape index (κ3) is 3.93. The van der Waals surface area contributed by atoms with Crippen molar-refractivity contribution in [1.82, 2.24) is 0 Å². The molecule has 1 N–H and O–H groups in total. The molecule has 0 spiro atoms. The van der Waals surface area contributed by atoms with Gasteiger partial charge in [-0.05, 0) is 41.7 Å². The van der Waals surface area contributed by atoms with Crippen LogP contribution in [0, 0.1) is 16.7 Å². The molecule has 25 heavy (non-hydrogen) atoms. The number of aryl methyl sites for hydroxylation is 1. The van der Waals surface area contributed by atoms with Crippen LogP contribution in [0.25, 0.3) is 0 Å². The summed E-state index contributed by atoms with van der Waals surface area (Å²) in [5, 5.41) is 13.4. The number of thiophene rings is 1. The zero-order chi connectivity index (χ0) is 18.0. The van der Waals surface area contributed by atoms with E-state index < -0.39 is 0 Å². The van der Waals surface area contributed by atoms with Crippen LogP contribution in [0.15, 0.2) is 30.3 Å². The van der Waals surface area contributed by atoms with Crippen molar-refractivity contribution in [3.8, 4) is 6.07 Å². The molecule has 1 aromatic heterocycles. The van der Waals surface area contributed by atoms with Gasteiger partial charge < -0.3 is 5.32 Å². The SMILES string of the molecule is C[C@H]1CC(C)(C)Cc2c1sc(NC(=O)CCc1ccccc1)c2C#N. The maximum atomic E-state index is 12.4.